The van der Waals surface area contributed by atoms with Crippen LogP contribution in [0.5, 0.6) is 11.5 Å². The molecule has 0 saturated heterocycles. The van der Waals surface area contributed by atoms with Crippen LogP contribution in [-0.2, 0) is 9.53 Å². The number of amides is 1. The van der Waals surface area contributed by atoms with Crippen LogP contribution in [-0.4, -0.2) is 32.2 Å². The fraction of sp³-hybridized carbons (Fsp3) is 0.273. The fourth-order valence-corrected chi connectivity index (χ4v) is 2.44. The number of ether oxygens (including phenoxy) is 3. The average molecular weight is 383 g/mol. The summed E-state index contributed by atoms with van der Waals surface area (Å²) in [5.74, 6) is 0.426. The molecule has 1 amide bonds. The lowest BCUT2D eigenvalue weighted by atomic mass is 10.1. The maximum atomic E-state index is 12.3. The van der Waals surface area contributed by atoms with E-state index in [2.05, 4.69) is 5.32 Å². The van der Waals surface area contributed by atoms with Gasteiger partial charge in [-0.1, -0.05) is 25.1 Å². The molecule has 0 radical (unpaired) electrons. The van der Waals surface area contributed by atoms with Crippen LogP contribution in [0.3, 0.4) is 0 Å². The van der Waals surface area contributed by atoms with Gasteiger partial charge in [0.25, 0.3) is 0 Å². The molecule has 0 spiro atoms. The second-order valence-corrected chi connectivity index (χ2v) is 5.85. The smallest absolute Gasteiger partial charge is 0.340 e. The topological polar surface area (TPSA) is 73.9 Å². The molecule has 0 fully saturated rings. The van der Waals surface area contributed by atoms with Crippen molar-refractivity contribution >= 4 is 23.6 Å². The molecule has 0 saturated carbocycles. The summed E-state index contributed by atoms with van der Waals surface area (Å²) in [4.78, 5) is 24.3. The third kappa shape index (κ3) is 5.87. The van der Waals surface area contributed by atoms with Crippen LogP contribution in [0, 0.1) is 0 Å². The van der Waals surface area contributed by atoms with E-state index in [0.717, 1.165) is 12.0 Å². The normalized spacial score (nSPS) is 10.5. The first kappa shape index (κ1) is 21.0. The average Bonchev–Trinajstić information content (AvgIpc) is 2.71. The number of anilines is 1. The Morgan fingerprint density at radius 2 is 1.86 bits per heavy atom. The van der Waals surface area contributed by atoms with E-state index in [1.807, 2.05) is 19.1 Å². The minimum Gasteiger partial charge on any atom is -0.493 e. The van der Waals surface area contributed by atoms with E-state index in [1.165, 1.54) is 6.08 Å². The summed E-state index contributed by atoms with van der Waals surface area (Å²) in [6.07, 6.45) is 3.95. The molecular formula is C22H25NO5. The predicted octanol–water partition coefficient (Wildman–Crippen LogP) is 4.31. The molecule has 148 valence electrons. The van der Waals surface area contributed by atoms with E-state index >= 15 is 0 Å². The van der Waals surface area contributed by atoms with Crippen molar-refractivity contribution in [1.82, 2.24) is 0 Å². The Hall–Kier alpha value is -3.28. The Balaban J connectivity index is 2.09. The van der Waals surface area contributed by atoms with Crippen molar-refractivity contribution < 1.29 is 23.8 Å². The molecule has 0 atom stereocenters. The standard InChI is InChI=1S/C22H25NO5/c1-4-14-28-19-12-10-16(15-20(19)26-3)11-13-21(24)23-18-9-7-6-8-17(18)22(25)27-5-2/h6-13,15H,4-5,14H2,1-3H3,(H,23,24). The fourth-order valence-electron chi connectivity index (χ4n) is 2.44. The highest BCUT2D eigenvalue weighted by molar-refractivity contribution is 6.06. The molecule has 2 rings (SSSR count). The number of benzene rings is 2. The summed E-state index contributed by atoms with van der Waals surface area (Å²) in [6, 6.07) is 12.2. The second-order valence-electron chi connectivity index (χ2n) is 5.85. The van der Waals surface area contributed by atoms with Gasteiger partial charge in [0.2, 0.25) is 5.91 Å². The lowest BCUT2D eigenvalue weighted by Gasteiger charge is -2.10. The van der Waals surface area contributed by atoms with Gasteiger partial charge in [-0.3, -0.25) is 4.79 Å². The Labute approximate surface area is 165 Å². The van der Waals surface area contributed by atoms with Crippen molar-refractivity contribution in [2.45, 2.75) is 20.3 Å². The minimum absolute atomic E-state index is 0.265. The second kappa shape index (κ2) is 10.8. The molecular weight excluding hydrogens is 358 g/mol. The van der Waals surface area contributed by atoms with E-state index in [9.17, 15) is 9.59 Å². The van der Waals surface area contributed by atoms with Gasteiger partial charge in [-0.15, -0.1) is 0 Å². The third-order valence-corrected chi connectivity index (χ3v) is 3.76. The molecule has 0 aliphatic heterocycles. The molecule has 2 aromatic carbocycles. The molecule has 6 nitrogen and oxygen atoms in total. The summed E-state index contributed by atoms with van der Waals surface area (Å²) in [7, 11) is 1.57. The zero-order valence-electron chi connectivity index (χ0n) is 16.4. The van der Waals surface area contributed by atoms with Crippen LogP contribution >= 0.6 is 0 Å². The number of nitrogens with one attached hydrogen (secondary N) is 1. The predicted molar refractivity (Wildman–Crippen MR) is 109 cm³/mol. The molecule has 1 N–H and O–H groups in total. The maximum absolute atomic E-state index is 12.3. The number of methoxy groups -OCH3 is 1. The van der Waals surface area contributed by atoms with Gasteiger partial charge >= 0.3 is 5.97 Å². The van der Waals surface area contributed by atoms with Crippen molar-refractivity contribution in [1.29, 1.82) is 0 Å². The molecule has 0 aliphatic carbocycles. The summed E-state index contributed by atoms with van der Waals surface area (Å²) < 4.78 is 16.0. The summed E-state index contributed by atoms with van der Waals surface area (Å²) >= 11 is 0. The van der Waals surface area contributed by atoms with Crippen LogP contribution in [0.2, 0.25) is 0 Å². The largest absolute Gasteiger partial charge is 0.493 e. The number of carbonyl (C=O) groups excluding carboxylic acids is 2. The SMILES string of the molecule is CCCOc1ccc(C=CC(=O)Nc2ccccc2C(=O)OCC)cc1OC. The number of para-hydroxylation sites is 1. The maximum Gasteiger partial charge on any atom is 0.340 e. The Bertz CT molecular complexity index is 845. The highest BCUT2D eigenvalue weighted by Crippen LogP contribution is 2.28. The number of carbonyl (C=O) groups is 2. The highest BCUT2D eigenvalue weighted by atomic mass is 16.5. The molecule has 0 aliphatic rings. The van der Waals surface area contributed by atoms with Gasteiger partial charge in [-0.05, 0) is 49.2 Å². The monoisotopic (exact) mass is 383 g/mol. The molecule has 2 aromatic rings. The summed E-state index contributed by atoms with van der Waals surface area (Å²) in [6.45, 7) is 4.63. The van der Waals surface area contributed by atoms with Gasteiger partial charge in [0.1, 0.15) is 0 Å². The van der Waals surface area contributed by atoms with Crippen molar-refractivity contribution in [2.24, 2.45) is 0 Å². The van der Waals surface area contributed by atoms with E-state index < -0.39 is 5.97 Å². The lowest BCUT2D eigenvalue weighted by Crippen LogP contribution is -2.13. The number of rotatable bonds is 9. The molecule has 6 heteroatoms. The van der Waals surface area contributed by atoms with Gasteiger partial charge in [-0.2, -0.15) is 0 Å². The molecule has 0 bridgehead atoms. The lowest BCUT2D eigenvalue weighted by molar-refractivity contribution is -0.111. The number of hydrogen-bond donors (Lipinski definition) is 1. The third-order valence-electron chi connectivity index (χ3n) is 3.76. The summed E-state index contributed by atoms with van der Waals surface area (Å²) in [5.41, 5.74) is 1.50. The van der Waals surface area contributed by atoms with Crippen molar-refractivity contribution in [3.63, 3.8) is 0 Å². The highest BCUT2D eigenvalue weighted by Gasteiger charge is 2.13. The zero-order chi connectivity index (χ0) is 20.4. The van der Waals surface area contributed by atoms with E-state index in [1.54, 1.807) is 50.4 Å². The molecule has 0 aromatic heterocycles. The van der Waals surface area contributed by atoms with Crippen LogP contribution in [0.4, 0.5) is 5.69 Å². The van der Waals surface area contributed by atoms with Gasteiger partial charge < -0.3 is 19.5 Å². The Kier molecular flexibility index (Phi) is 8.09. The summed E-state index contributed by atoms with van der Waals surface area (Å²) in [5, 5.41) is 2.71. The van der Waals surface area contributed by atoms with Gasteiger partial charge in [-0.25, -0.2) is 4.79 Å². The van der Waals surface area contributed by atoms with Crippen molar-refractivity contribution in [3.8, 4) is 11.5 Å². The molecule has 0 unspecified atom stereocenters. The number of esters is 1. The number of hydrogen-bond acceptors (Lipinski definition) is 5. The van der Waals surface area contributed by atoms with E-state index in [4.69, 9.17) is 14.2 Å². The quantitative estimate of drug-likeness (QED) is 0.516. The Morgan fingerprint density at radius 1 is 1.07 bits per heavy atom. The first-order valence-corrected chi connectivity index (χ1v) is 9.15. The first-order valence-electron chi connectivity index (χ1n) is 9.15. The first-order chi connectivity index (χ1) is 13.6. The molecule has 28 heavy (non-hydrogen) atoms. The zero-order valence-corrected chi connectivity index (χ0v) is 16.4. The van der Waals surface area contributed by atoms with Crippen LogP contribution < -0.4 is 14.8 Å². The van der Waals surface area contributed by atoms with Crippen molar-refractivity contribution in [3.05, 3.63) is 59.7 Å². The van der Waals surface area contributed by atoms with Crippen LogP contribution in [0.15, 0.2) is 48.5 Å². The van der Waals surface area contributed by atoms with E-state index in [0.29, 0.717) is 29.4 Å². The van der Waals surface area contributed by atoms with Crippen molar-refractivity contribution in [2.75, 3.05) is 25.6 Å². The van der Waals surface area contributed by atoms with E-state index in [-0.39, 0.29) is 12.5 Å². The van der Waals surface area contributed by atoms with Gasteiger partial charge in [0.05, 0.1) is 31.6 Å². The Morgan fingerprint density at radius 3 is 2.57 bits per heavy atom. The molecule has 0 heterocycles. The van der Waals surface area contributed by atoms with Crippen LogP contribution in [0.25, 0.3) is 6.08 Å². The minimum atomic E-state index is -0.477. The van der Waals surface area contributed by atoms with Crippen LogP contribution in [0.1, 0.15) is 36.2 Å². The van der Waals surface area contributed by atoms with Gasteiger partial charge in [0, 0.05) is 6.08 Å². The van der Waals surface area contributed by atoms with Gasteiger partial charge in [0.15, 0.2) is 11.5 Å².